The molecule has 0 saturated carbocycles. The highest BCUT2D eigenvalue weighted by Gasteiger charge is 2.14. The van der Waals surface area contributed by atoms with Crippen LogP contribution in [0.3, 0.4) is 0 Å². The molecule has 0 aliphatic heterocycles. The van der Waals surface area contributed by atoms with Crippen LogP contribution in [0, 0.1) is 0 Å². The fourth-order valence-electron chi connectivity index (χ4n) is 3.26. The summed E-state index contributed by atoms with van der Waals surface area (Å²) in [6.07, 6.45) is 6.52. The number of benzene rings is 1. The summed E-state index contributed by atoms with van der Waals surface area (Å²) in [5.41, 5.74) is 3.00. The second kappa shape index (κ2) is 7.56. The van der Waals surface area contributed by atoms with E-state index < -0.39 is 0 Å². The fraction of sp³-hybridized carbons (Fsp3) is 0.333. The molecule has 3 heterocycles. The molecule has 3 aromatic heterocycles. The van der Waals surface area contributed by atoms with Crippen LogP contribution in [0.5, 0.6) is 11.5 Å². The van der Waals surface area contributed by atoms with Crippen molar-refractivity contribution in [2.75, 3.05) is 14.2 Å². The fourth-order valence-corrected chi connectivity index (χ4v) is 4.33. The van der Waals surface area contributed by atoms with Crippen LogP contribution in [0.1, 0.15) is 31.9 Å². The molecule has 0 spiro atoms. The number of unbranched alkanes of at least 4 members (excludes halogenated alkanes) is 2. The van der Waals surface area contributed by atoms with E-state index >= 15 is 0 Å². The number of hydrogen-bond acceptors (Lipinski definition) is 5. The van der Waals surface area contributed by atoms with Crippen LogP contribution in [0.15, 0.2) is 36.5 Å². The largest absolute Gasteiger partial charge is 0.493 e. The number of methoxy groups -OCH3 is 2. The zero-order valence-corrected chi connectivity index (χ0v) is 16.7. The van der Waals surface area contributed by atoms with E-state index in [4.69, 9.17) is 14.6 Å². The van der Waals surface area contributed by atoms with E-state index in [0.29, 0.717) is 0 Å². The zero-order valence-electron chi connectivity index (χ0n) is 15.9. The number of aromatic nitrogens is 3. The van der Waals surface area contributed by atoms with Gasteiger partial charge in [-0.25, -0.2) is 9.50 Å². The van der Waals surface area contributed by atoms with Gasteiger partial charge in [-0.15, -0.1) is 11.3 Å². The number of fused-ring (bicyclic) bond motifs is 2. The number of hydrogen-bond donors (Lipinski definition) is 0. The number of imidazole rings is 1. The highest BCUT2D eigenvalue weighted by molar-refractivity contribution is 7.22. The summed E-state index contributed by atoms with van der Waals surface area (Å²) < 4.78 is 14.0. The first-order valence-corrected chi connectivity index (χ1v) is 10.0. The van der Waals surface area contributed by atoms with Gasteiger partial charge in [0.25, 0.3) is 0 Å². The van der Waals surface area contributed by atoms with Gasteiger partial charge in [-0.05, 0) is 42.5 Å². The van der Waals surface area contributed by atoms with Gasteiger partial charge in [0.15, 0.2) is 17.1 Å². The molecule has 0 fully saturated rings. The van der Waals surface area contributed by atoms with Crippen LogP contribution in [0.2, 0.25) is 0 Å². The van der Waals surface area contributed by atoms with Crippen LogP contribution in [-0.4, -0.2) is 28.8 Å². The lowest BCUT2D eigenvalue weighted by molar-refractivity contribution is 0.356. The highest BCUT2D eigenvalue weighted by atomic mass is 32.1. The number of aryl methyl sites for hydroxylation is 1. The molecule has 1 aromatic carbocycles. The predicted molar refractivity (Wildman–Crippen MR) is 110 cm³/mol. The van der Waals surface area contributed by atoms with Crippen molar-refractivity contribution in [3.05, 3.63) is 42.2 Å². The molecule has 0 atom stereocenters. The smallest absolute Gasteiger partial charge is 0.162 e. The Morgan fingerprint density at radius 1 is 1.04 bits per heavy atom. The van der Waals surface area contributed by atoms with E-state index in [1.54, 1.807) is 25.6 Å². The number of thiophene rings is 1. The Morgan fingerprint density at radius 3 is 2.63 bits per heavy atom. The van der Waals surface area contributed by atoms with Gasteiger partial charge in [0.05, 0.1) is 31.0 Å². The molecule has 0 saturated heterocycles. The Kier molecular flexibility index (Phi) is 4.99. The van der Waals surface area contributed by atoms with Crippen molar-refractivity contribution in [2.24, 2.45) is 0 Å². The van der Waals surface area contributed by atoms with E-state index in [-0.39, 0.29) is 0 Å². The summed E-state index contributed by atoms with van der Waals surface area (Å²) in [6, 6.07) is 10.3. The maximum absolute atomic E-state index is 5.43. The minimum absolute atomic E-state index is 0.740. The topological polar surface area (TPSA) is 48.7 Å². The van der Waals surface area contributed by atoms with Gasteiger partial charge in [-0.2, -0.15) is 5.10 Å². The molecular formula is C21H23N3O2S. The van der Waals surface area contributed by atoms with Crippen LogP contribution in [0.25, 0.3) is 26.3 Å². The SMILES string of the molecule is CCCCCc1ccc2ncc(-c3cc4cc(OC)c(OC)cc4s3)n2n1. The quantitative estimate of drug-likeness (QED) is 0.404. The lowest BCUT2D eigenvalue weighted by atomic mass is 10.1. The first kappa shape index (κ1) is 17.8. The van der Waals surface area contributed by atoms with E-state index in [9.17, 15) is 0 Å². The van der Waals surface area contributed by atoms with Gasteiger partial charge in [0.1, 0.15) is 5.69 Å². The molecule has 140 valence electrons. The van der Waals surface area contributed by atoms with Gasteiger partial charge >= 0.3 is 0 Å². The average molecular weight is 382 g/mol. The standard InChI is InChI=1S/C21H23N3O2S/c1-4-5-6-7-15-8-9-21-22-13-16(24(21)23-15)20-11-14-10-17(25-2)18(26-3)12-19(14)27-20/h8-13H,4-7H2,1-3H3. The number of nitrogens with zero attached hydrogens (tertiary/aromatic N) is 3. The van der Waals surface area contributed by atoms with Gasteiger partial charge in [-0.3, -0.25) is 0 Å². The van der Waals surface area contributed by atoms with Crippen molar-refractivity contribution in [3.63, 3.8) is 0 Å². The summed E-state index contributed by atoms with van der Waals surface area (Å²) in [6.45, 7) is 2.22. The molecule has 0 bridgehead atoms. The third-order valence-corrected chi connectivity index (χ3v) is 5.85. The lowest BCUT2D eigenvalue weighted by Gasteiger charge is -2.06. The molecule has 4 rings (SSSR count). The predicted octanol–water partition coefficient (Wildman–Crippen LogP) is 5.36. The summed E-state index contributed by atoms with van der Waals surface area (Å²) in [7, 11) is 3.32. The van der Waals surface area contributed by atoms with E-state index in [2.05, 4.69) is 30.1 Å². The van der Waals surface area contributed by atoms with Crippen LogP contribution >= 0.6 is 11.3 Å². The molecule has 0 aliphatic carbocycles. The van der Waals surface area contributed by atoms with Crippen LogP contribution < -0.4 is 9.47 Å². The van der Waals surface area contributed by atoms with Crippen molar-refractivity contribution in [1.29, 1.82) is 0 Å². The molecule has 0 unspecified atom stereocenters. The third-order valence-electron chi connectivity index (χ3n) is 4.73. The summed E-state index contributed by atoms with van der Waals surface area (Å²) in [5.74, 6) is 1.48. The van der Waals surface area contributed by atoms with E-state index in [0.717, 1.165) is 49.9 Å². The minimum Gasteiger partial charge on any atom is -0.493 e. The molecule has 5 nitrogen and oxygen atoms in total. The number of ether oxygens (including phenoxy) is 2. The van der Waals surface area contributed by atoms with Crippen LogP contribution in [0.4, 0.5) is 0 Å². The first-order chi connectivity index (χ1) is 13.2. The zero-order chi connectivity index (χ0) is 18.8. The monoisotopic (exact) mass is 381 g/mol. The van der Waals surface area contributed by atoms with Crippen molar-refractivity contribution in [1.82, 2.24) is 14.6 Å². The van der Waals surface area contributed by atoms with Gasteiger partial charge in [0, 0.05) is 10.8 Å². The second-order valence-electron chi connectivity index (χ2n) is 6.55. The maximum Gasteiger partial charge on any atom is 0.162 e. The summed E-state index contributed by atoms with van der Waals surface area (Å²) in [5, 5.41) is 5.96. The van der Waals surface area contributed by atoms with E-state index in [1.807, 2.05) is 22.8 Å². The average Bonchev–Trinajstić information content (AvgIpc) is 3.29. The van der Waals surface area contributed by atoms with Crippen molar-refractivity contribution >= 4 is 27.1 Å². The third kappa shape index (κ3) is 3.37. The van der Waals surface area contributed by atoms with Gasteiger partial charge in [-0.1, -0.05) is 19.8 Å². The highest BCUT2D eigenvalue weighted by Crippen LogP contribution is 2.39. The maximum atomic E-state index is 5.43. The minimum atomic E-state index is 0.740. The second-order valence-corrected chi connectivity index (χ2v) is 7.63. The Morgan fingerprint density at radius 2 is 1.85 bits per heavy atom. The Balaban J connectivity index is 1.75. The van der Waals surface area contributed by atoms with Crippen molar-refractivity contribution in [2.45, 2.75) is 32.6 Å². The Labute approximate surface area is 162 Å². The van der Waals surface area contributed by atoms with E-state index in [1.165, 1.54) is 19.3 Å². The summed E-state index contributed by atoms with van der Waals surface area (Å²) in [4.78, 5) is 5.66. The lowest BCUT2D eigenvalue weighted by Crippen LogP contribution is -1.99. The number of rotatable bonds is 7. The first-order valence-electron chi connectivity index (χ1n) is 9.23. The Bertz CT molecular complexity index is 1040. The van der Waals surface area contributed by atoms with Crippen LogP contribution in [-0.2, 0) is 6.42 Å². The summed E-state index contributed by atoms with van der Waals surface area (Å²) >= 11 is 1.71. The molecule has 4 aromatic rings. The molecule has 0 N–H and O–H groups in total. The molecule has 27 heavy (non-hydrogen) atoms. The van der Waals surface area contributed by atoms with Gasteiger partial charge < -0.3 is 9.47 Å². The molecule has 6 heteroatoms. The Hall–Kier alpha value is -2.60. The van der Waals surface area contributed by atoms with Crippen molar-refractivity contribution in [3.8, 4) is 22.1 Å². The molecule has 0 aliphatic rings. The molecule has 0 radical (unpaired) electrons. The van der Waals surface area contributed by atoms with Crippen molar-refractivity contribution < 1.29 is 9.47 Å². The van der Waals surface area contributed by atoms with Gasteiger partial charge in [0.2, 0.25) is 0 Å². The molecular weight excluding hydrogens is 358 g/mol. The molecule has 0 amide bonds. The normalized spacial score (nSPS) is 11.4.